The van der Waals surface area contributed by atoms with Crippen molar-refractivity contribution in [2.45, 2.75) is 20.8 Å². The Morgan fingerprint density at radius 3 is 2.41 bits per heavy atom. The number of carboxylic acids is 1. The first-order valence-corrected chi connectivity index (χ1v) is 10.2. The standard InChI is InChI=1S/C24H25N5O3/c1-15-11-21(29(4)28-15)20-13-26-22(27-20)17-7-10-19(25-12-17)16-5-8-18(9-6-16)32-14-24(2,3)23(30)31/h5-13H,14H2,1-4H3,(H,26,27)(H,30,31). The average molecular weight is 431 g/mol. The monoisotopic (exact) mass is 431 g/mol. The predicted molar refractivity (Wildman–Crippen MR) is 121 cm³/mol. The van der Waals surface area contributed by atoms with Gasteiger partial charge in [-0.15, -0.1) is 0 Å². The summed E-state index contributed by atoms with van der Waals surface area (Å²) in [6.45, 7) is 5.32. The highest BCUT2D eigenvalue weighted by Crippen LogP contribution is 2.26. The molecule has 0 amide bonds. The van der Waals surface area contributed by atoms with Crippen LogP contribution >= 0.6 is 0 Å². The Hall–Kier alpha value is -3.94. The number of rotatable bonds is 7. The lowest BCUT2D eigenvalue weighted by Crippen LogP contribution is -2.30. The number of hydrogen-bond acceptors (Lipinski definition) is 5. The third-order valence-electron chi connectivity index (χ3n) is 5.22. The van der Waals surface area contributed by atoms with Crippen molar-refractivity contribution in [3.8, 4) is 39.8 Å². The van der Waals surface area contributed by atoms with Crippen molar-refractivity contribution >= 4 is 5.97 Å². The fraction of sp³-hybridized carbons (Fsp3) is 0.250. The highest BCUT2D eigenvalue weighted by atomic mass is 16.5. The molecule has 4 rings (SSSR count). The molecule has 0 aliphatic heterocycles. The second-order valence-electron chi connectivity index (χ2n) is 8.37. The molecule has 4 aromatic rings. The Morgan fingerprint density at radius 1 is 1.09 bits per heavy atom. The molecule has 2 N–H and O–H groups in total. The number of aryl methyl sites for hydroxylation is 2. The molecule has 32 heavy (non-hydrogen) atoms. The molecule has 164 valence electrons. The molecule has 8 heteroatoms. The van der Waals surface area contributed by atoms with Crippen molar-refractivity contribution in [2.24, 2.45) is 12.5 Å². The fourth-order valence-corrected chi connectivity index (χ4v) is 3.21. The van der Waals surface area contributed by atoms with E-state index >= 15 is 0 Å². The first kappa shape index (κ1) is 21.3. The van der Waals surface area contributed by atoms with Crippen LogP contribution in [-0.2, 0) is 11.8 Å². The second-order valence-corrected chi connectivity index (χ2v) is 8.37. The number of nitrogens with one attached hydrogen (secondary N) is 1. The number of ether oxygens (including phenoxy) is 1. The maximum atomic E-state index is 11.2. The number of aromatic amines is 1. The highest BCUT2D eigenvalue weighted by molar-refractivity contribution is 5.73. The predicted octanol–water partition coefficient (Wildman–Crippen LogP) is 4.34. The van der Waals surface area contributed by atoms with Crippen LogP contribution in [-0.4, -0.2) is 42.4 Å². The van der Waals surface area contributed by atoms with Crippen LogP contribution < -0.4 is 4.74 Å². The van der Waals surface area contributed by atoms with Crippen LogP contribution in [0.3, 0.4) is 0 Å². The molecule has 0 fully saturated rings. The Kier molecular flexibility index (Phi) is 5.52. The topological polar surface area (TPSA) is 106 Å². The van der Waals surface area contributed by atoms with E-state index in [2.05, 4.69) is 20.1 Å². The molecule has 0 aliphatic rings. The molecule has 0 bridgehead atoms. The number of aliphatic carboxylic acids is 1. The zero-order chi connectivity index (χ0) is 22.9. The van der Waals surface area contributed by atoms with E-state index in [0.29, 0.717) is 5.75 Å². The zero-order valence-corrected chi connectivity index (χ0v) is 18.5. The summed E-state index contributed by atoms with van der Waals surface area (Å²) in [6.07, 6.45) is 3.58. The Bertz CT molecular complexity index is 1240. The van der Waals surface area contributed by atoms with Crippen LogP contribution in [0.4, 0.5) is 0 Å². The van der Waals surface area contributed by atoms with Gasteiger partial charge in [0.1, 0.15) is 18.2 Å². The summed E-state index contributed by atoms with van der Waals surface area (Å²) in [5.41, 5.74) is 4.51. The molecule has 1 aromatic carbocycles. The number of benzene rings is 1. The van der Waals surface area contributed by atoms with Gasteiger partial charge in [0.05, 0.1) is 34.4 Å². The maximum absolute atomic E-state index is 11.2. The third kappa shape index (κ3) is 4.39. The van der Waals surface area contributed by atoms with Gasteiger partial charge in [0.25, 0.3) is 0 Å². The lowest BCUT2D eigenvalue weighted by Gasteiger charge is -2.19. The van der Waals surface area contributed by atoms with Crippen LogP contribution in [0.2, 0.25) is 0 Å². The quantitative estimate of drug-likeness (QED) is 0.451. The Labute approximate surface area is 185 Å². The van der Waals surface area contributed by atoms with Crippen molar-refractivity contribution in [2.75, 3.05) is 6.61 Å². The minimum Gasteiger partial charge on any atom is -0.492 e. The van der Waals surface area contributed by atoms with Crippen LogP contribution in [0.25, 0.3) is 34.0 Å². The largest absolute Gasteiger partial charge is 0.492 e. The summed E-state index contributed by atoms with van der Waals surface area (Å²) in [4.78, 5) is 23.6. The van der Waals surface area contributed by atoms with Crippen molar-refractivity contribution in [1.29, 1.82) is 0 Å². The second kappa shape index (κ2) is 8.30. The van der Waals surface area contributed by atoms with Crippen molar-refractivity contribution in [1.82, 2.24) is 24.7 Å². The first-order valence-electron chi connectivity index (χ1n) is 10.2. The zero-order valence-electron chi connectivity index (χ0n) is 18.5. The lowest BCUT2D eigenvalue weighted by atomic mass is 9.95. The first-order chi connectivity index (χ1) is 15.2. The molecule has 0 saturated heterocycles. The van der Waals surface area contributed by atoms with Gasteiger partial charge in [-0.25, -0.2) is 4.98 Å². The smallest absolute Gasteiger partial charge is 0.312 e. The van der Waals surface area contributed by atoms with E-state index in [1.807, 2.05) is 61.1 Å². The average Bonchev–Trinajstić information content (AvgIpc) is 3.39. The summed E-state index contributed by atoms with van der Waals surface area (Å²) in [5.74, 6) is 0.466. The van der Waals surface area contributed by atoms with Crippen LogP contribution in [0.15, 0.2) is 54.9 Å². The summed E-state index contributed by atoms with van der Waals surface area (Å²) in [5, 5.41) is 13.6. The van der Waals surface area contributed by atoms with Gasteiger partial charge < -0.3 is 14.8 Å². The summed E-state index contributed by atoms with van der Waals surface area (Å²) in [7, 11) is 1.91. The molecule has 0 unspecified atom stereocenters. The van der Waals surface area contributed by atoms with E-state index in [4.69, 9.17) is 4.74 Å². The molecule has 0 saturated carbocycles. The molecular weight excluding hydrogens is 406 g/mol. The molecule has 0 radical (unpaired) electrons. The van der Waals surface area contributed by atoms with Gasteiger partial charge in [-0.05, 0) is 63.2 Å². The molecule has 0 atom stereocenters. The van der Waals surface area contributed by atoms with E-state index in [1.165, 1.54) is 0 Å². The molecular formula is C24H25N5O3. The van der Waals surface area contributed by atoms with Gasteiger partial charge in [-0.1, -0.05) is 0 Å². The van der Waals surface area contributed by atoms with Crippen molar-refractivity contribution < 1.29 is 14.6 Å². The number of nitrogens with zero attached hydrogens (tertiary/aromatic N) is 4. The molecule has 0 spiro atoms. The normalized spacial score (nSPS) is 11.5. The van der Waals surface area contributed by atoms with Crippen molar-refractivity contribution in [3.05, 3.63) is 60.6 Å². The number of hydrogen-bond donors (Lipinski definition) is 2. The van der Waals surface area contributed by atoms with E-state index < -0.39 is 11.4 Å². The van der Waals surface area contributed by atoms with Gasteiger partial charge in [-0.2, -0.15) is 5.10 Å². The van der Waals surface area contributed by atoms with Gasteiger partial charge in [0.2, 0.25) is 0 Å². The third-order valence-corrected chi connectivity index (χ3v) is 5.22. The number of carbonyl (C=O) groups is 1. The fourth-order valence-electron chi connectivity index (χ4n) is 3.21. The van der Waals surface area contributed by atoms with E-state index in [9.17, 15) is 9.90 Å². The highest BCUT2D eigenvalue weighted by Gasteiger charge is 2.28. The van der Waals surface area contributed by atoms with Crippen LogP contribution in [0.1, 0.15) is 19.5 Å². The van der Waals surface area contributed by atoms with E-state index in [1.54, 1.807) is 26.2 Å². The maximum Gasteiger partial charge on any atom is 0.312 e. The van der Waals surface area contributed by atoms with Gasteiger partial charge >= 0.3 is 5.97 Å². The lowest BCUT2D eigenvalue weighted by molar-refractivity contribution is -0.148. The summed E-state index contributed by atoms with van der Waals surface area (Å²) in [6, 6.07) is 13.4. The number of imidazole rings is 1. The minimum absolute atomic E-state index is 0.0954. The van der Waals surface area contributed by atoms with Gasteiger partial charge in [0, 0.05) is 24.4 Å². The van der Waals surface area contributed by atoms with Gasteiger partial charge in [0.15, 0.2) is 0 Å². The molecule has 8 nitrogen and oxygen atoms in total. The van der Waals surface area contributed by atoms with Gasteiger partial charge in [-0.3, -0.25) is 14.5 Å². The Morgan fingerprint density at radius 2 is 1.81 bits per heavy atom. The SMILES string of the molecule is Cc1cc(-c2cnc(-c3ccc(-c4ccc(OCC(C)(C)C(=O)O)cc4)nc3)[nH]2)n(C)n1. The van der Waals surface area contributed by atoms with Crippen LogP contribution in [0.5, 0.6) is 5.75 Å². The minimum atomic E-state index is -0.947. The molecule has 3 aromatic heterocycles. The molecule has 0 aliphatic carbocycles. The number of aromatic nitrogens is 5. The summed E-state index contributed by atoms with van der Waals surface area (Å²) >= 11 is 0. The van der Waals surface area contributed by atoms with E-state index in [0.717, 1.165) is 39.7 Å². The number of H-pyrrole nitrogens is 1. The van der Waals surface area contributed by atoms with Crippen LogP contribution in [0, 0.1) is 12.3 Å². The number of pyridine rings is 1. The molecule has 3 heterocycles. The number of carboxylic acid groups (broad SMARTS) is 1. The summed E-state index contributed by atoms with van der Waals surface area (Å²) < 4.78 is 7.45. The Balaban J connectivity index is 1.46. The van der Waals surface area contributed by atoms with E-state index in [-0.39, 0.29) is 6.61 Å². The van der Waals surface area contributed by atoms with Crippen molar-refractivity contribution in [3.63, 3.8) is 0 Å².